The zero-order valence-corrected chi connectivity index (χ0v) is 13.0. The summed E-state index contributed by atoms with van der Waals surface area (Å²) < 4.78 is 5.87. The van der Waals surface area contributed by atoms with Crippen molar-refractivity contribution in [1.29, 1.82) is 0 Å². The lowest BCUT2D eigenvalue weighted by Crippen LogP contribution is -2.36. The van der Waals surface area contributed by atoms with Crippen LogP contribution in [0, 0.1) is 5.41 Å². The van der Waals surface area contributed by atoms with Crippen LogP contribution in [0.2, 0.25) is 0 Å². The molecule has 1 aromatic carbocycles. The van der Waals surface area contributed by atoms with Crippen LogP contribution in [0.1, 0.15) is 26.2 Å². The van der Waals surface area contributed by atoms with E-state index in [0.29, 0.717) is 29.8 Å². The van der Waals surface area contributed by atoms with Crippen LogP contribution in [0.5, 0.6) is 5.75 Å². The van der Waals surface area contributed by atoms with E-state index >= 15 is 0 Å². The van der Waals surface area contributed by atoms with Gasteiger partial charge in [0.1, 0.15) is 18.2 Å². The summed E-state index contributed by atoms with van der Waals surface area (Å²) in [7, 11) is 0. The maximum absolute atomic E-state index is 12.2. The number of carbonyl (C=O) groups is 1. The third kappa shape index (κ3) is 2.99. The van der Waals surface area contributed by atoms with Crippen molar-refractivity contribution in [3.05, 3.63) is 28.7 Å². The van der Waals surface area contributed by atoms with Gasteiger partial charge in [0, 0.05) is 6.54 Å². The van der Waals surface area contributed by atoms with E-state index in [0.717, 1.165) is 19.3 Å². The van der Waals surface area contributed by atoms with Crippen LogP contribution in [0.25, 0.3) is 10.9 Å². The molecule has 23 heavy (non-hydrogen) atoms. The van der Waals surface area contributed by atoms with Gasteiger partial charge in [-0.2, -0.15) is 4.98 Å². The van der Waals surface area contributed by atoms with Gasteiger partial charge in [-0.1, -0.05) is 13.0 Å². The maximum Gasteiger partial charge on any atom is 0.347 e. The molecule has 1 aromatic heterocycles. The minimum absolute atomic E-state index is 0.0408. The van der Waals surface area contributed by atoms with Crippen molar-refractivity contribution in [1.82, 2.24) is 15.3 Å². The number of nitrogen functional groups attached to an aromatic ring is 1. The highest BCUT2D eigenvalue weighted by Crippen LogP contribution is 2.46. The van der Waals surface area contributed by atoms with Crippen molar-refractivity contribution in [2.75, 3.05) is 18.9 Å². The van der Waals surface area contributed by atoms with Crippen molar-refractivity contribution in [2.45, 2.75) is 26.2 Å². The molecule has 0 bridgehead atoms. The lowest BCUT2D eigenvalue weighted by Gasteiger charge is -2.17. The van der Waals surface area contributed by atoms with Gasteiger partial charge in [0.15, 0.2) is 0 Å². The van der Waals surface area contributed by atoms with Crippen LogP contribution in [-0.2, 0) is 4.79 Å². The van der Waals surface area contributed by atoms with Crippen LogP contribution in [-0.4, -0.2) is 29.0 Å². The summed E-state index contributed by atoms with van der Waals surface area (Å²) in [6.45, 7) is 2.98. The first-order valence-corrected chi connectivity index (χ1v) is 7.75. The van der Waals surface area contributed by atoms with Crippen molar-refractivity contribution in [3.8, 4) is 5.75 Å². The molecule has 1 aliphatic carbocycles. The highest BCUT2D eigenvalue weighted by Gasteiger charge is 2.50. The molecule has 0 aliphatic heterocycles. The summed E-state index contributed by atoms with van der Waals surface area (Å²) in [4.78, 5) is 29.9. The molecule has 1 aliphatic rings. The predicted octanol–water partition coefficient (Wildman–Crippen LogP) is 1.19. The number of anilines is 1. The summed E-state index contributed by atoms with van der Waals surface area (Å²) >= 11 is 0. The molecule has 122 valence electrons. The van der Waals surface area contributed by atoms with Gasteiger partial charge >= 0.3 is 5.69 Å². The second-order valence-corrected chi connectivity index (χ2v) is 5.93. The van der Waals surface area contributed by atoms with Crippen molar-refractivity contribution in [3.63, 3.8) is 0 Å². The third-order valence-electron chi connectivity index (χ3n) is 4.12. The van der Waals surface area contributed by atoms with Crippen LogP contribution in [0.15, 0.2) is 23.0 Å². The predicted molar refractivity (Wildman–Crippen MR) is 87.2 cm³/mol. The first-order valence-electron chi connectivity index (χ1n) is 7.75. The fourth-order valence-corrected chi connectivity index (χ4v) is 2.56. The first-order chi connectivity index (χ1) is 11.1. The summed E-state index contributed by atoms with van der Waals surface area (Å²) in [5.74, 6) is 0.692. The third-order valence-corrected chi connectivity index (χ3v) is 4.12. The van der Waals surface area contributed by atoms with E-state index < -0.39 is 11.1 Å². The Morgan fingerprint density at radius 1 is 1.48 bits per heavy atom. The van der Waals surface area contributed by atoms with E-state index in [1.807, 2.05) is 6.92 Å². The molecule has 1 amide bonds. The van der Waals surface area contributed by atoms with Crippen LogP contribution < -0.4 is 21.5 Å². The van der Waals surface area contributed by atoms with Crippen LogP contribution in [0.3, 0.4) is 0 Å². The Hall–Kier alpha value is -2.57. The van der Waals surface area contributed by atoms with Crippen molar-refractivity contribution < 1.29 is 9.53 Å². The SMILES string of the molecule is CCCNC(=O)C1(COc2cccc3[nH]c(=O)nc(N)c23)CC1. The van der Waals surface area contributed by atoms with E-state index in [1.54, 1.807) is 18.2 Å². The number of amides is 1. The molecule has 0 saturated heterocycles. The molecule has 1 saturated carbocycles. The van der Waals surface area contributed by atoms with Gasteiger partial charge in [-0.3, -0.25) is 4.79 Å². The Morgan fingerprint density at radius 3 is 2.96 bits per heavy atom. The quantitative estimate of drug-likeness (QED) is 0.741. The second kappa shape index (κ2) is 5.91. The normalized spacial score (nSPS) is 15.3. The Bertz CT molecular complexity index is 796. The summed E-state index contributed by atoms with van der Waals surface area (Å²) in [6, 6.07) is 5.27. The summed E-state index contributed by atoms with van der Waals surface area (Å²) in [5, 5.41) is 3.49. The fraction of sp³-hybridized carbons (Fsp3) is 0.438. The van der Waals surface area contributed by atoms with E-state index in [9.17, 15) is 9.59 Å². The maximum atomic E-state index is 12.2. The van der Waals surface area contributed by atoms with Gasteiger partial charge < -0.3 is 20.8 Å². The largest absolute Gasteiger partial charge is 0.492 e. The van der Waals surface area contributed by atoms with E-state index in [4.69, 9.17) is 10.5 Å². The zero-order chi connectivity index (χ0) is 16.4. The summed E-state index contributed by atoms with van der Waals surface area (Å²) in [5.41, 5.74) is 5.48. The van der Waals surface area contributed by atoms with E-state index in [-0.39, 0.29) is 11.7 Å². The number of aromatic amines is 1. The smallest absolute Gasteiger partial charge is 0.347 e. The van der Waals surface area contributed by atoms with Gasteiger partial charge in [0.2, 0.25) is 5.91 Å². The molecule has 4 N–H and O–H groups in total. The fourth-order valence-electron chi connectivity index (χ4n) is 2.56. The molecule has 1 heterocycles. The number of nitrogens with one attached hydrogen (secondary N) is 2. The molecule has 3 rings (SSSR count). The monoisotopic (exact) mass is 316 g/mol. The molecular weight excluding hydrogens is 296 g/mol. The van der Waals surface area contributed by atoms with Gasteiger partial charge in [0.05, 0.1) is 16.3 Å². The zero-order valence-electron chi connectivity index (χ0n) is 13.0. The number of H-pyrrole nitrogens is 1. The second-order valence-electron chi connectivity index (χ2n) is 5.93. The molecule has 0 radical (unpaired) electrons. The first kappa shape index (κ1) is 15.3. The number of nitrogens with zero attached hydrogens (tertiary/aromatic N) is 1. The minimum atomic E-state index is -0.496. The molecule has 2 aromatic rings. The van der Waals surface area contributed by atoms with E-state index in [1.165, 1.54) is 0 Å². The number of rotatable bonds is 6. The van der Waals surface area contributed by atoms with Gasteiger partial charge in [-0.05, 0) is 31.4 Å². The molecule has 0 atom stereocenters. The average molecular weight is 316 g/mol. The van der Waals surface area contributed by atoms with E-state index in [2.05, 4.69) is 15.3 Å². The standard InChI is InChI=1S/C16H20N4O3/c1-2-8-18-14(21)16(6-7-16)9-23-11-5-3-4-10-12(11)13(17)20-15(22)19-10/h3-5H,2,6-9H2,1H3,(H,18,21)(H3,17,19,20,22). The molecule has 0 spiro atoms. The number of ether oxygens (including phenoxy) is 1. The van der Waals surface area contributed by atoms with Crippen LogP contribution in [0.4, 0.5) is 5.82 Å². The number of hydrogen-bond acceptors (Lipinski definition) is 5. The molecule has 7 nitrogen and oxygen atoms in total. The highest BCUT2D eigenvalue weighted by atomic mass is 16.5. The van der Waals surface area contributed by atoms with Gasteiger partial charge in [-0.25, -0.2) is 4.79 Å². The van der Waals surface area contributed by atoms with Crippen LogP contribution >= 0.6 is 0 Å². The number of fused-ring (bicyclic) bond motifs is 1. The topological polar surface area (TPSA) is 110 Å². The van der Waals surface area contributed by atoms with Gasteiger partial charge in [-0.15, -0.1) is 0 Å². The average Bonchev–Trinajstić information content (AvgIpc) is 3.31. The summed E-state index contributed by atoms with van der Waals surface area (Å²) in [6.07, 6.45) is 2.54. The Labute approximate surface area is 133 Å². The molecule has 0 unspecified atom stereocenters. The lowest BCUT2D eigenvalue weighted by molar-refractivity contribution is -0.127. The Kier molecular flexibility index (Phi) is 3.94. The lowest BCUT2D eigenvalue weighted by atomic mass is 10.1. The number of nitrogens with two attached hydrogens (primary N) is 1. The molecule has 1 fully saturated rings. The Morgan fingerprint density at radius 2 is 2.26 bits per heavy atom. The number of benzene rings is 1. The molecular formula is C16H20N4O3. The number of aromatic nitrogens is 2. The number of carbonyl (C=O) groups excluding carboxylic acids is 1. The Balaban J connectivity index is 1.80. The minimum Gasteiger partial charge on any atom is -0.492 e. The number of hydrogen-bond donors (Lipinski definition) is 3. The highest BCUT2D eigenvalue weighted by molar-refractivity contribution is 5.93. The van der Waals surface area contributed by atoms with Gasteiger partial charge in [0.25, 0.3) is 0 Å². The molecule has 7 heteroatoms. The van der Waals surface area contributed by atoms with Crippen molar-refractivity contribution >= 4 is 22.6 Å². The van der Waals surface area contributed by atoms with Crippen molar-refractivity contribution in [2.24, 2.45) is 5.41 Å².